The largest absolute Gasteiger partial charge is 0.354 e. The van der Waals surface area contributed by atoms with E-state index in [1.807, 2.05) is 25.1 Å². The summed E-state index contributed by atoms with van der Waals surface area (Å²) in [5, 5.41) is 15.8. The molecular weight excluding hydrogens is 337 g/mol. The molecule has 2 aromatic carbocycles. The molecule has 0 amide bonds. The summed E-state index contributed by atoms with van der Waals surface area (Å²) in [5.74, 6) is 0. The van der Waals surface area contributed by atoms with Crippen molar-refractivity contribution in [2.75, 3.05) is 5.32 Å². The Morgan fingerprint density at radius 1 is 1.09 bits per heavy atom. The van der Waals surface area contributed by atoms with Gasteiger partial charge in [-0.25, -0.2) is 0 Å². The van der Waals surface area contributed by atoms with Crippen molar-refractivity contribution >= 4 is 51.2 Å². The van der Waals surface area contributed by atoms with Crippen LogP contribution in [-0.2, 0) is 0 Å². The number of nitro groups is 1. The zero-order valence-corrected chi connectivity index (χ0v) is 13.5. The predicted molar refractivity (Wildman–Crippen MR) is 92.9 cm³/mol. The standard InChI is InChI=1S/C16H11Cl2N3O2/c1-9-12(17)4-3-11-14(6-7-19-16(9)11)20-15-5-2-10(21(22)23)8-13(15)18/h2-8H,1H3,(H,19,20). The average Bonchev–Trinajstić information content (AvgIpc) is 2.53. The SMILES string of the molecule is Cc1c(Cl)ccc2c(Nc3ccc([N+](=O)[O-])cc3Cl)ccnc12. The summed E-state index contributed by atoms with van der Waals surface area (Å²) in [6.07, 6.45) is 1.67. The maximum Gasteiger partial charge on any atom is 0.271 e. The Balaban J connectivity index is 2.06. The Hall–Kier alpha value is -2.37. The fraction of sp³-hybridized carbons (Fsp3) is 0.0625. The number of aromatic nitrogens is 1. The molecule has 3 aromatic rings. The third-order valence-electron chi connectivity index (χ3n) is 3.53. The summed E-state index contributed by atoms with van der Waals surface area (Å²) in [6.45, 7) is 1.90. The number of hydrogen-bond acceptors (Lipinski definition) is 4. The van der Waals surface area contributed by atoms with Crippen LogP contribution < -0.4 is 5.32 Å². The van der Waals surface area contributed by atoms with Crippen molar-refractivity contribution in [1.29, 1.82) is 0 Å². The number of fused-ring (bicyclic) bond motifs is 1. The fourth-order valence-corrected chi connectivity index (χ4v) is 2.68. The molecule has 0 aliphatic carbocycles. The second-order valence-corrected chi connectivity index (χ2v) is 5.79. The van der Waals surface area contributed by atoms with E-state index in [0.717, 1.165) is 22.2 Å². The van der Waals surface area contributed by atoms with Gasteiger partial charge in [0, 0.05) is 34.4 Å². The highest BCUT2D eigenvalue weighted by atomic mass is 35.5. The smallest absolute Gasteiger partial charge is 0.271 e. The Morgan fingerprint density at radius 2 is 1.87 bits per heavy atom. The Labute approximate surface area is 142 Å². The average molecular weight is 348 g/mol. The van der Waals surface area contributed by atoms with Crippen LogP contribution in [0.15, 0.2) is 42.6 Å². The van der Waals surface area contributed by atoms with Gasteiger partial charge < -0.3 is 5.32 Å². The second-order valence-electron chi connectivity index (χ2n) is 4.97. The van der Waals surface area contributed by atoms with Gasteiger partial charge in [0.25, 0.3) is 5.69 Å². The molecule has 0 aliphatic rings. The number of pyridine rings is 1. The van der Waals surface area contributed by atoms with Gasteiger partial charge in [-0.3, -0.25) is 15.1 Å². The number of rotatable bonds is 3. The lowest BCUT2D eigenvalue weighted by Gasteiger charge is -2.12. The van der Waals surface area contributed by atoms with Crippen LogP contribution in [0.4, 0.5) is 17.1 Å². The number of benzene rings is 2. The van der Waals surface area contributed by atoms with Gasteiger partial charge in [-0.15, -0.1) is 0 Å². The number of hydrogen-bond donors (Lipinski definition) is 1. The van der Waals surface area contributed by atoms with Crippen molar-refractivity contribution in [2.24, 2.45) is 0 Å². The van der Waals surface area contributed by atoms with Gasteiger partial charge in [-0.1, -0.05) is 23.2 Å². The molecule has 3 rings (SSSR count). The monoisotopic (exact) mass is 347 g/mol. The molecule has 7 heteroatoms. The molecule has 23 heavy (non-hydrogen) atoms. The van der Waals surface area contributed by atoms with Crippen molar-refractivity contribution in [3.63, 3.8) is 0 Å². The summed E-state index contributed by atoms with van der Waals surface area (Å²) >= 11 is 12.3. The van der Waals surface area contributed by atoms with Crippen LogP contribution in [0.25, 0.3) is 10.9 Å². The van der Waals surface area contributed by atoms with Gasteiger partial charge in [-0.2, -0.15) is 0 Å². The van der Waals surface area contributed by atoms with E-state index in [1.165, 1.54) is 12.1 Å². The minimum Gasteiger partial charge on any atom is -0.354 e. The number of halogens is 2. The molecule has 1 heterocycles. The van der Waals surface area contributed by atoms with Crippen LogP contribution in [0.5, 0.6) is 0 Å². The molecule has 0 aliphatic heterocycles. The number of nitro benzene ring substituents is 1. The van der Waals surface area contributed by atoms with Crippen LogP contribution in [0.1, 0.15) is 5.56 Å². The number of aryl methyl sites for hydroxylation is 1. The van der Waals surface area contributed by atoms with Crippen LogP contribution in [0.3, 0.4) is 0 Å². The molecule has 116 valence electrons. The van der Waals surface area contributed by atoms with Gasteiger partial charge in [0.15, 0.2) is 0 Å². The van der Waals surface area contributed by atoms with Crippen LogP contribution in [0, 0.1) is 17.0 Å². The molecule has 0 unspecified atom stereocenters. The lowest BCUT2D eigenvalue weighted by atomic mass is 10.1. The van der Waals surface area contributed by atoms with E-state index in [2.05, 4.69) is 10.3 Å². The summed E-state index contributed by atoms with van der Waals surface area (Å²) in [5.41, 5.74) is 3.01. The number of non-ortho nitro benzene ring substituents is 1. The molecule has 0 spiro atoms. The molecule has 0 saturated heterocycles. The highest BCUT2D eigenvalue weighted by Gasteiger charge is 2.12. The summed E-state index contributed by atoms with van der Waals surface area (Å²) in [6, 6.07) is 9.79. The van der Waals surface area contributed by atoms with Crippen LogP contribution in [0.2, 0.25) is 10.0 Å². The highest BCUT2D eigenvalue weighted by Crippen LogP contribution is 2.33. The second kappa shape index (κ2) is 6.02. The van der Waals surface area contributed by atoms with E-state index in [1.54, 1.807) is 12.3 Å². The van der Waals surface area contributed by atoms with E-state index in [4.69, 9.17) is 23.2 Å². The molecule has 0 atom stereocenters. The molecule has 0 radical (unpaired) electrons. The lowest BCUT2D eigenvalue weighted by Crippen LogP contribution is -1.96. The Kier molecular flexibility index (Phi) is 4.07. The third-order valence-corrected chi connectivity index (χ3v) is 4.25. The minimum atomic E-state index is -0.483. The van der Waals surface area contributed by atoms with Crippen molar-refractivity contribution in [3.8, 4) is 0 Å². The lowest BCUT2D eigenvalue weighted by molar-refractivity contribution is -0.384. The molecule has 0 fully saturated rings. The number of anilines is 2. The molecule has 0 bridgehead atoms. The number of nitrogens with zero attached hydrogens (tertiary/aromatic N) is 2. The maximum atomic E-state index is 10.8. The zero-order valence-electron chi connectivity index (χ0n) is 12.0. The zero-order chi connectivity index (χ0) is 16.6. The summed E-state index contributed by atoms with van der Waals surface area (Å²) < 4.78 is 0. The Morgan fingerprint density at radius 3 is 2.57 bits per heavy atom. The van der Waals surface area contributed by atoms with E-state index in [-0.39, 0.29) is 10.7 Å². The summed E-state index contributed by atoms with van der Waals surface area (Å²) in [7, 11) is 0. The molecular formula is C16H11Cl2N3O2. The topological polar surface area (TPSA) is 68.1 Å². The van der Waals surface area contributed by atoms with E-state index in [9.17, 15) is 10.1 Å². The minimum absolute atomic E-state index is 0.0530. The van der Waals surface area contributed by atoms with Crippen LogP contribution >= 0.6 is 23.2 Å². The molecule has 1 N–H and O–H groups in total. The first kappa shape index (κ1) is 15.5. The first-order chi connectivity index (χ1) is 11.0. The Bertz CT molecular complexity index is 929. The first-order valence-electron chi connectivity index (χ1n) is 6.72. The third kappa shape index (κ3) is 2.93. The van der Waals surface area contributed by atoms with Gasteiger partial charge in [-0.05, 0) is 36.8 Å². The van der Waals surface area contributed by atoms with Crippen molar-refractivity contribution in [3.05, 3.63) is 68.3 Å². The van der Waals surface area contributed by atoms with E-state index < -0.39 is 4.92 Å². The van der Waals surface area contributed by atoms with Gasteiger partial charge >= 0.3 is 0 Å². The van der Waals surface area contributed by atoms with E-state index >= 15 is 0 Å². The maximum absolute atomic E-state index is 10.8. The summed E-state index contributed by atoms with van der Waals surface area (Å²) in [4.78, 5) is 14.6. The van der Waals surface area contributed by atoms with Crippen molar-refractivity contribution < 1.29 is 4.92 Å². The molecule has 5 nitrogen and oxygen atoms in total. The van der Waals surface area contributed by atoms with Gasteiger partial charge in [0.2, 0.25) is 0 Å². The van der Waals surface area contributed by atoms with E-state index in [0.29, 0.717) is 10.7 Å². The van der Waals surface area contributed by atoms with Gasteiger partial charge in [0.05, 0.1) is 21.2 Å². The highest BCUT2D eigenvalue weighted by molar-refractivity contribution is 6.33. The fourth-order valence-electron chi connectivity index (χ4n) is 2.31. The number of nitrogens with one attached hydrogen (secondary N) is 1. The van der Waals surface area contributed by atoms with Crippen molar-refractivity contribution in [2.45, 2.75) is 6.92 Å². The normalized spacial score (nSPS) is 10.7. The van der Waals surface area contributed by atoms with Crippen LogP contribution in [-0.4, -0.2) is 9.91 Å². The quantitative estimate of drug-likeness (QED) is 0.501. The molecule has 1 aromatic heterocycles. The van der Waals surface area contributed by atoms with Crippen molar-refractivity contribution in [1.82, 2.24) is 4.98 Å². The predicted octanol–water partition coefficient (Wildman–Crippen LogP) is 5.50. The van der Waals surface area contributed by atoms with Gasteiger partial charge in [0.1, 0.15) is 0 Å². The molecule has 0 saturated carbocycles. The first-order valence-corrected chi connectivity index (χ1v) is 7.48.